The van der Waals surface area contributed by atoms with Gasteiger partial charge in [-0.1, -0.05) is 17.7 Å². The Morgan fingerprint density at radius 1 is 1.41 bits per heavy atom. The molecule has 0 bridgehead atoms. The van der Waals surface area contributed by atoms with Gasteiger partial charge in [0.2, 0.25) is 0 Å². The second-order valence-corrected chi connectivity index (χ2v) is 5.27. The van der Waals surface area contributed by atoms with E-state index in [1.807, 2.05) is 18.2 Å². The van der Waals surface area contributed by atoms with Crippen LogP contribution in [0.3, 0.4) is 0 Å². The zero-order valence-electron chi connectivity index (χ0n) is 9.61. The van der Waals surface area contributed by atoms with Gasteiger partial charge >= 0.3 is 0 Å². The molecule has 0 amide bonds. The summed E-state index contributed by atoms with van der Waals surface area (Å²) in [6, 6.07) is 8.12. The minimum absolute atomic E-state index is 0.100. The molecular formula is C13H15ClN2S. The second-order valence-electron chi connectivity index (χ2n) is 4.06. The molecule has 0 saturated carbocycles. The van der Waals surface area contributed by atoms with Crippen LogP contribution in [0.15, 0.2) is 35.0 Å². The van der Waals surface area contributed by atoms with Crippen LogP contribution in [0.4, 0.5) is 0 Å². The number of rotatable bonds is 4. The lowest BCUT2D eigenvalue weighted by Gasteiger charge is -2.18. The maximum atomic E-state index is 6.03. The Balaban J connectivity index is 2.25. The summed E-state index contributed by atoms with van der Waals surface area (Å²) in [7, 11) is 0. The highest BCUT2D eigenvalue weighted by molar-refractivity contribution is 7.07. The van der Waals surface area contributed by atoms with Crippen LogP contribution in [0.5, 0.6) is 0 Å². The summed E-state index contributed by atoms with van der Waals surface area (Å²) in [4.78, 5) is 0. The van der Waals surface area contributed by atoms with E-state index in [4.69, 9.17) is 17.4 Å². The van der Waals surface area contributed by atoms with Gasteiger partial charge in [0.1, 0.15) is 0 Å². The molecule has 0 spiro atoms. The molecule has 0 aliphatic carbocycles. The predicted molar refractivity (Wildman–Crippen MR) is 74.3 cm³/mol. The highest BCUT2D eigenvalue weighted by Crippen LogP contribution is 2.25. The molecular weight excluding hydrogens is 252 g/mol. The van der Waals surface area contributed by atoms with E-state index in [9.17, 15) is 0 Å². The summed E-state index contributed by atoms with van der Waals surface area (Å²) in [5.41, 5.74) is 6.52. The summed E-state index contributed by atoms with van der Waals surface area (Å²) in [6.07, 6.45) is 0.876. The number of thiophene rings is 1. The van der Waals surface area contributed by atoms with Crippen molar-refractivity contribution in [2.45, 2.75) is 19.4 Å². The number of hydrazine groups is 1. The van der Waals surface area contributed by atoms with Crippen molar-refractivity contribution in [2.24, 2.45) is 5.84 Å². The van der Waals surface area contributed by atoms with Crippen molar-refractivity contribution in [2.75, 3.05) is 0 Å². The Morgan fingerprint density at radius 3 is 2.88 bits per heavy atom. The highest BCUT2D eigenvalue weighted by atomic mass is 35.5. The van der Waals surface area contributed by atoms with Crippen LogP contribution in [0.25, 0.3) is 0 Å². The van der Waals surface area contributed by atoms with Crippen molar-refractivity contribution in [1.82, 2.24) is 5.43 Å². The lowest BCUT2D eigenvalue weighted by Crippen LogP contribution is -2.30. The van der Waals surface area contributed by atoms with E-state index in [-0.39, 0.29) is 6.04 Å². The molecule has 90 valence electrons. The monoisotopic (exact) mass is 266 g/mol. The second kappa shape index (κ2) is 5.65. The van der Waals surface area contributed by atoms with Crippen LogP contribution >= 0.6 is 22.9 Å². The van der Waals surface area contributed by atoms with Gasteiger partial charge in [-0.2, -0.15) is 11.3 Å². The van der Waals surface area contributed by atoms with Crippen molar-refractivity contribution in [3.05, 3.63) is 56.7 Å². The first-order valence-corrected chi connectivity index (χ1v) is 6.76. The molecule has 2 aromatic rings. The SMILES string of the molecule is Cc1ccc(Cl)cc1C(Cc1ccsc1)NN. The Bertz CT molecular complexity index is 482. The average molecular weight is 267 g/mol. The smallest absolute Gasteiger partial charge is 0.0503 e. The maximum absolute atomic E-state index is 6.03. The molecule has 1 aromatic heterocycles. The van der Waals surface area contributed by atoms with Crippen LogP contribution in [-0.4, -0.2) is 0 Å². The Hall–Kier alpha value is -0.870. The van der Waals surface area contributed by atoms with Crippen molar-refractivity contribution in [3.8, 4) is 0 Å². The minimum Gasteiger partial charge on any atom is -0.271 e. The first kappa shape index (κ1) is 12.6. The molecule has 3 N–H and O–H groups in total. The van der Waals surface area contributed by atoms with Gasteiger partial charge in [-0.15, -0.1) is 0 Å². The number of aryl methyl sites for hydroxylation is 1. The predicted octanol–water partition coefficient (Wildman–Crippen LogP) is 3.46. The number of hydrogen-bond acceptors (Lipinski definition) is 3. The molecule has 0 saturated heterocycles. The Morgan fingerprint density at radius 2 is 2.24 bits per heavy atom. The lowest BCUT2D eigenvalue weighted by molar-refractivity contribution is 0.550. The Labute approximate surface area is 110 Å². The maximum Gasteiger partial charge on any atom is 0.0503 e. The zero-order valence-corrected chi connectivity index (χ0v) is 11.2. The third kappa shape index (κ3) is 3.07. The summed E-state index contributed by atoms with van der Waals surface area (Å²) < 4.78 is 0. The minimum atomic E-state index is 0.100. The molecule has 2 rings (SSSR count). The van der Waals surface area contributed by atoms with Crippen molar-refractivity contribution in [1.29, 1.82) is 0 Å². The van der Waals surface area contributed by atoms with E-state index in [0.717, 1.165) is 17.0 Å². The third-order valence-electron chi connectivity index (χ3n) is 2.84. The normalized spacial score (nSPS) is 12.6. The van der Waals surface area contributed by atoms with Crippen LogP contribution < -0.4 is 11.3 Å². The average Bonchev–Trinajstić information content (AvgIpc) is 2.82. The van der Waals surface area contributed by atoms with Gasteiger partial charge in [-0.25, -0.2) is 0 Å². The van der Waals surface area contributed by atoms with Crippen molar-refractivity contribution >= 4 is 22.9 Å². The van der Waals surface area contributed by atoms with Gasteiger partial charge in [0.25, 0.3) is 0 Å². The van der Waals surface area contributed by atoms with E-state index in [1.54, 1.807) is 11.3 Å². The largest absolute Gasteiger partial charge is 0.271 e. The molecule has 1 aromatic carbocycles. The summed E-state index contributed by atoms with van der Waals surface area (Å²) in [5, 5.41) is 4.97. The number of benzene rings is 1. The fraction of sp³-hybridized carbons (Fsp3) is 0.231. The van der Waals surface area contributed by atoms with Gasteiger partial charge in [0.05, 0.1) is 6.04 Å². The topological polar surface area (TPSA) is 38.0 Å². The molecule has 1 unspecified atom stereocenters. The van der Waals surface area contributed by atoms with Crippen molar-refractivity contribution in [3.63, 3.8) is 0 Å². The molecule has 0 aliphatic rings. The van der Waals surface area contributed by atoms with Crippen LogP contribution in [0.1, 0.15) is 22.7 Å². The fourth-order valence-electron chi connectivity index (χ4n) is 1.89. The Kier molecular flexibility index (Phi) is 4.18. The first-order valence-electron chi connectivity index (χ1n) is 5.44. The molecule has 4 heteroatoms. The summed E-state index contributed by atoms with van der Waals surface area (Å²) >= 11 is 7.73. The third-order valence-corrected chi connectivity index (χ3v) is 3.80. The van der Waals surface area contributed by atoms with Crippen LogP contribution in [0.2, 0.25) is 5.02 Å². The lowest BCUT2D eigenvalue weighted by atomic mass is 9.97. The zero-order chi connectivity index (χ0) is 12.3. The van der Waals surface area contributed by atoms with E-state index in [1.165, 1.54) is 11.1 Å². The van der Waals surface area contributed by atoms with Gasteiger partial charge in [0, 0.05) is 5.02 Å². The van der Waals surface area contributed by atoms with Gasteiger partial charge in [0.15, 0.2) is 0 Å². The number of nitrogens with two attached hydrogens (primary N) is 1. The number of hydrogen-bond donors (Lipinski definition) is 2. The first-order chi connectivity index (χ1) is 8.20. The van der Waals surface area contributed by atoms with E-state index in [2.05, 4.69) is 29.2 Å². The standard InChI is InChI=1S/C13H15ClN2S/c1-9-2-3-11(14)7-12(9)13(16-15)6-10-4-5-17-8-10/h2-5,7-8,13,16H,6,15H2,1H3. The summed E-state index contributed by atoms with van der Waals surface area (Å²) in [6.45, 7) is 2.07. The van der Waals surface area contributed by atoms with Gasteiger partial charge in [-0.3, -0.25) is 11.3 Å². The van der Waals surface area contributed by atoms with Gasteiger partial charge < -0.3 is 0 Å². The van der Waals surface area contributed by atoms with E-state index >= 15 is 0 Å². The molecule has 0 fully saturated rings. The molecule has 2 nitrogen and oxygen atoms in total. The molecule has 0 aliphatic heterocycles. The highest BCUT2D eigenvalue weighted by Gasteiger charge is 2.13. The van der Waals surface area contributed by atoms with Crippen LogP contribution in [0, 0.1) is 6.92 Å². The van der Waals surface area contributed by atoms with E-state index in [0.29, 0.717) is 0 Å². The van der Waals surface area contributed by atoms with E-state index < -0.39 is 0 Å². The fourth-order valence-corrected chi connectivity index (χ4v) is 2.75. The quantitative estimate of drug-likeness (QED) is 0.657. The molecule has 17 heavy (non-hydrogen) atoms. The number of halogens is 1. The van der Waals surface area contributed by atoms with Crippen molar-refractivity contribution < 1.29 is 0 Å². The molecule has 0 radical (unpaired) electrons. The molecule has 1 heterocycles. The molecule has 1 atom stereocenters. The van der Waals surface area contributed by atoms with Crippen LogP contribution in [-0.2, 0) is 6.42 Å². The summed E-state index contributed by atoms with van der Waals surface area (Å²) in [5.74, 6) is 5.65. The van der Waals surface area contributed by atoms with Gasteiger partial charge in [-0.05, 0) is 59.0 Å². The number of nitrogens with one attached hydrogen (secondary N) is 1.